The van der Waals surface area contributed by atoms with Crippen LogP contribution in [-0.4, -0.2) is 12.5 Å². The molecule has 0 aliphatic heterocycles. The zero-order valence-electron chi connectivity index (χ0n) is 13.0. The molecular formula is C17H15BrF3NO2. The third kappa shape index (κ3) is 4.74. The van der Waals surface area contributed by atoms with Crippen LogP contribution in [0.3, 0.4) is 0 Å². The summed E-state index contributed by atoms with van der Waals surface area (Å²) in [4.78, 5) is 11.9. The number of carbonyl (C=O) groups is 1. The van der Waals surface area contributed by atoms with E-state index < -0.39 is 17.6 Å². The molecule has 2 aromatic rings. The van der Waals surface area contributed by atoms with E-state index in [1.54, 1.807) is 0 Å². The molecule has 24 heavy (non-hydrogen) atoms. The molecule has 2 rings (SSSR count). The van der Waals surface area contributed by atoms with Gasteiger partial charge in [-0.2, -0.15) is 13.2 Å². The van der Waals surface area contributed by atoms with E-state index >= 15 is 0 Å². The maximum Gasteiger partial charge on any atom is 0.416 e. The van der Waals surface area contributed by atoms with Gasteiger partial charge in [-0.1, -0.05) is 22.0 Å². The molecule has 0 bridgehead atoms. The van der Waals surface area contributed by atoms with Gasteiger partial charge >= 0.3 is 6.18 Å². The SMILES string of the molecule is Cc1cc(Br)cc(C)c1OCC(=O)Nc1cccc(C(F)(F)F)c1. The van der Waals surface area contributed by atoms with Gasteiger partial charge in [0.1, 0.15) is 5.75 Å². The predicted octanol–water partition coefficient (Wildman–Crippen LogP) is 5.10. The average molecular weight is 402 g/mol. The van der Waals surface area contributed by atoms with E-state index in [2.05, 4.69) is 21.2 Å². The minimum Gasteiger partial charge on any atom is -0.483 e. The van der Waals surface area contributed by atoms with Crippen molar-refractivity contribution in [2.24, 2.45) is 0 Å². The van der Waals surface area contributed by atoms with Gasteiger partial charge in [0.25, 0.3) is 5.91 Å². The van der Waals surface area contributed by atoms with Gasteiger partial charge in [0.05, 0.1) is 5.56 Å². The number of carbonyl (C=O) groups excluding carboxylic acids is 1. The van der Waals surface area contributed by atoms with Crippen LogP contribution in [0.15, 0.2) is 40.9 Å². The number of hydrogen-bond donors (Lipinski definition) is 1. The number of hydrogen-bond acceptors (Lipinski definition) is 2. The summed E-state index contributed by atoms with van der Waals surface area (Å²) in [5.74, 6) is 0.0495. The first-order valence-corrected chi connectivity index (χ1v) is 7.83. The Bertz CT molecular complexity index is 737. The minimum absolute atomic E-state index is 0.0719. The van der Waals surface area contributed by atoms with Gasteiger partial charge in [-0.05, 0) is 55.3 Å². The molecule has 0 unspecified atom stereocenters. The van der Waals surface area contributed by atoms with Gasteiger partial charge in [0.15, 0.2) is 6.61 Å². The highest BCUT2D eigenvalue weighted by molar-refractivity contribution is 9.10. The number of amides is 1. The van der Waals surface area contributed by atoms with E-state index in [1.165, 1.54) is 12.1 Å². The Kier molecular flexibility index (Phi) is 5.54. The predicted molar refractivity (Wildman–Crippen MR) is 89.2 cm³/mol. The van der Waals surface area contributed by atoms with Gasteiger partial charge in [-0.25, -0.2) is 0 Å². The number of rotatable bonds is 4. The molecule has 0 spiro atoms. The van der Waals surface area contributed by atoms with E-state index in [-0.39, 0.29) is 12.3 Å². The van der Waals surface area contributed by atoms with Gasteiger partial charge in [0, 0.05) is 10.2 Å². The normalized spacial score (nSPS) is 11.2. The third-order valence-electron chi connectivity index (χ3n) is 3.25. The fraction of sp³-hybridized carbons (Fsp3) is 0.235. The first-order chi connectivity index (χ1) is 11.2. The van der Waals surface area contributed by atoms with Crippen LogP contribution in [0.25, 0.3) is 0 Å². The summed E-state index contributed by atoms with van der Waals surface area (Å²) in [6.07, 6.45) is -4.46. The van der Waals surface area contributed by atoms with Crippen LogP contribution in [0.4, 0.5) is 18.9 Å². The molecule has 2 aromatic carbocycles. The van der Waals surface area contributed by atoms with Crippen LogP contribution in [0.5, 0.6) is 5.75 Å². The summed E-state index contributed by atoms with van der Waals surface area (Å²) < 4.78 is 44.4. The van der Waals surface area contributed by atoms with Crippen molar-refractivity contribution in [3.63, 3.8) is 0 Å². The lowest BCUT2D eigenvalue weighted by Crippen LogP contribution is -2.21. The number of alkyl halides is 3. The van der Waals surface area contributed by atoms with Crippen molar-refractivity contribution in [3.8, 4) is 5.75 Å². The van der Waals surface area contributed by atoms with E-state index in [1.807, 2.05) is 26.0 Å². The van der Waals surface area contributed by atoms with Crippen molar-refractivity contribution in [3.05, 3.63) is 57.6 Å². The van der Waals surface area contributed by atoms with Crippen LogP contribution >= 0.6 is 15.9 Å². The standard InChI is InChI=1S/C17H15BrF3NO2/c1-10-6-13(18)7-11(2)16(10)24-9-15(23)22-14-5-3-4-12(8-14)17(19,20)21/h3-8H,9H2,1-2H3,(H,22,23). The Morgan fingerprint density at radius 1 is 1.17 bits per heavy atom. The zero-order valence-corrected chi connectivity index (χ0v) is 14.6. The van der Waals surface area contributed by atoms with Gasteiger partial charge < -0.3 is 10.1 Å². The highest BCUT2D eigenvalue weighted by Gasteiger charge is 2.30. The summed E-state index contributed by atoms with van der Waals surface area (Å²) in [6, 6.07) is 8.17. The molecule has 0 aromatic heterocycles. The number of benzene rings is 2. The Balaban J connectivity index is 2.02. The fourth-order valence-corrected chi connectivity index (χ4v) is 2.92. The van der Waals surface area contributed by atoms with E-state index in [4.69, 9.17) is 4.74 Å². The van der Waals surface area contributed by atoms with Gasteiger partial charge in [-0.15, -0.1) is 0 Å². The fourth-order valence-electron chi connectivity index (χ4n) is 2.23. The maximum absolute atomic E-state index is 12.7. The zero-order chi connectivity index (χ0) is 17.9. The van der Waals surface area contributed by atoms with Crippen molar-refractivity contribution in [2.45, 2.75) is 20.0 Å². The molecule has 0 aliphatic carbocycles. The Morgan fingerprint density at radius 3 is 2.38 bits per heavy atom. The molecule has 1 amide bonds. The van der Waals surface area contributed by atoms with Gasteiger partial charge in [0.2, 0.25) is 0 Å². The second kappa shape index (κ2) is 7.25. The van der Waals surface area contributed by atoms with Crippen molar-refractivity contribution >= 4 is 27.5 Å². The second-order valence-electron chi connectivity index (χ2n) is 5.28. The molecule has 0 radical (unpaired) electrons. The van der Waals surface area contributed by atoms with Gasteiger partial charge in [-0.3, -0.25) is 4.79 Å². The topological polar surface area (TPSA) is 38.3 Å². The molecule has 0 fully saturated rings. The first-order valence-electron chi connectivity index (χ1n) is 7.03. The molecule has 0 heterocycles. The van der Waals surface area contributed by atoms with E-state index in [0.717, 1.165) is 27.7 Å². The number of ether oxygens (including phenoxy) is 1. The number of aryl methyl sites for hydroxylation is 2. The van der Waals surface area contributed by atoms with Crippen molar-refractivity contribution in [1.29, 1.82) is 0 Å². The molecule has 0 saturated carbocycles. The number of nitrogens with one attached hydrogen (secondary N) is 1. The van der Waals surface area contributed by atoms with Crippen LogP contribution in [0.1, 0.15) is 16.7 Å². The van der Waals surface area contributed by atoms with E-state index in [0.29, 0.717) is 5.75 Å². The maximum atomic E-state index is 12.7. The van der Waals surface area contributed by atoms with E-state index in [9.17, 15) is 18.0 Å². The summed E-state index contributed by atoms with van der Waals surface area (Å²) in [7, 11) is 0. The molecule has 0 atom stereocenters. The quantitative estimate of drug-likeness (QED) is 0.773. The van der Waals surface area contributed by atoms with Crippen LogP contribution in [0, 0.1) is 13.8 Å². The second-order valence-corrected chi connectivity index (χ2v) is 6.20. The Labute approximate surface area is 146 Å². The molecule has 0 aliphatic rings. The highest BCUT2D eigenvalue weighted by atomic mass is 79.9. The van der Waals surface area contributed by atoms with Crippen LogP contribution < -0.4 is 10.1 Å². The van der Waals surface area contributed by atoms with Crippen LogP contribution in [0.2, 0.25) is 0 Å². The molecule has 7 heteroatoms. The molecule has 128 valence electrons. The lowest BCUT2D eigenvalue weighted by atomic mass is 10.1. The largest absolute Gasteiger partial charge is 0.483 e. The van der Waals surface area contributed by atoms with Crippen molar-refractivity contribution < 1.29 is 22.7 Å². The minimum atomic E-state index is -4.46. The lowest BCUT2D eigenvalue weighted by molar-refractivity contribution is -0.137. The molecular weight excluding hydrogens is 387 g/mol. The molecule has 3 nitrogen and oxygen atoms in total. The molecule has 0 saturated heterocycles. The van der Waals surface area contributed by atoms with Crippen LogP contribution in [-0.2, 0) is 11.0 Å². The molecule has 1 N–H and O–H groups in total. The first kappa shape index (κ1) is 18.3. The van der Waals surface area contributed by atoms with Crippen molar-refractivity contribution in [1.82, 2.24) is 0 Å². The monoisotopic (exact) mass is 401 g/mol. The summed E-state index contributed by atoms with van der Waals surface area (Å²) in [6.45, 7) is 3.40. The number of halogens is 4. The summed E-state index contributed by atoms with van der Waals surface area (Å²) >= 11 is 3.37. The Hall–Kier alpha value is -2.02. The summed E-state index contributed by atoms with van der Waals surface area (Å²) in [5.41, 5.74) is 0.964. The van der Waals surface area contributed by atoms with Crippen molar-refractivity contribution in [2.75, 3.05) is 11.9 Å². The third-order valence-corrected chi connectivity index (χ3v) is 3.70. The highest BCUT2D eigenvalue weighted by Crippen LogP contribution is 2.31. The lowest BCUT2D eigenvalue weighted by Gasteiger charge is -2.13. The number of anilines is 1. The average Bonchev–Trinajstić information content (AvgIpc) is 2.45. The Morgan fingerprint density at radius 2 is 1.79 bits per heavy atom. The summed E-state index contributed by atoms with van der Waals surface area (Å²) in [5, 5.41) is 2.40. The smallest absolute Gasteiger partial charge is 0.416 e.